The van der Waals surface area contributed by atoms with Crippen molar-refractivity contribution < 1.29 is 22.7 Å². The van der Waals surface area contributed by atoms with Crippen molar-refractivity contribution in [3.63, 3.8) is 0 Å². The number of hydrogen-bond donors (Lipinski definition) is 1. The van der Waals surface area contributed by atoms with E-state index in [0.717, 1.165) is 42.0 Å². The largest absolute Gasteiger partial charge is 0.494 e. The van der Waals surface area contributed by atoms with Crippen LogP contribution in [0.2, 0.25) is 10.0 Å². The summed E-state index contributed by atoms with van der Waals surface area (Å²) in [6.45, 7) is 1.58. The van der Waals surface area contributed by atoms with Crippen LogP contribution in [0.5, 0.6) is 5.75 Å². The Labute approximate surface area is 299 Å². The second-order valence-corrected chi connectivity index (χ2v) is 14.7. The van der Waals surface area contributed by atoms with Crippen molar-refractivity contribution in [3.05, 3.63) is 124 Å². The van der Waals surface area contributed by atoms with Crippen LogP contribution < -0.4 is 14.4 Å². The fraction of sp³-hybridized carbons (Fsp3) is 0.316. The predicted octanol–water partition coefficient (Wildman–Crippen LogP) is 7.68. The summed E-state index contributed by atoms with van der Waals surface area (Å²) >= 11 is 13.3. The quantitative estimate of drug-likeness (QED) is 0.144. The summed E-state index contributed by atoms with van der Waals surface area (Å²) in [5.74, 6) is -0.374. The first kappa shape index (κ1) is 36.2. The van der Waals surface area contributed by atoms with Gasteiger partial charge in [0.05, 0.1) is 17.2 Å². The molecule has 0 saturated heterocycles. The van der Waals surface area contributed by atoms with Crippen molar-refractivity contribution >= 4 is 50.7 Å². The van der Waals surface area contributed by atoms with E-state index < -0.39 is 28.5 Å². The molecule has 11 heteroatoms. The highest BCUT2D eigenvalue weighted by molar-refractivity contribution is 7.92. The Morgan fingerprint density at radius 1 is 0.837 bits per heavy atom. The molecule has 4 aromatic carbocycles. The first-order valence-corrected chi connectivity index (χ1v) is 18.7. The predicted molar refractivity (Wildman–Crippen MR) is 195 cm³/mol. The van der Waals surface area contributed by atoms with E-state index in [1.165, 1.54) is 17.0 Å². The Balaban J connectivity index is 1.57. The third-order valence-electron chi connectivity index (χ3n) is 8.66. The SMILES string of the molecule is CCOc1ccc(S(=O)(=O)N(CC(=O)N(Cc2c(Cl)cccc2Cl)[C@@H](Cc2ccccc2)C(=O)NC2CCCCC2)c2ccccc2)cc1. The molecular weight excluding hydrogens is 681 g/mol. The molecule has 0 radical (unpaired) electrons. The Morgan fingerprint density at radius 3 is 2.06 bits per heavy atom. The maximum absolute atomic E-state index is 14.7. The monoisotopic (exact) mass is 721 g/mol. The minimum absolute atomic E-state index is 0.0100. The molecule has 1 aliphatic carbocycles. The highest BCUT2D eigenvalue weighted by Crippen LogP contribution is 2.30. The molecular formula is C38H41Cl2N3O5S. The Kier molecular flexibility index (Phi) is 12.6. The van der Waals surface area contributed by atoms with Crippen molar-refractivity contribution in [2.75, 3.05) is 17.5 Å². The van der Waals surface area contributed by atoms with Gasteiger partial charge in [-0.25, -0.2) is 8.42 Å². The van der Waals surface area contributed by atoms with Crippen LogP contribution in [-0.4, -0.2) is 50.4 Å². The molecule has 5 rings (SSSR count). The van der Waals surface area contributed by atoms with Gasteiger partial charge in [0.15, 0.2) is 0 Å². The molecule has 49 heavy (non-hydrogen) atoms. The van der Waals surface area contributed by atoms with Gasteiger partial charge >= 0.3 is 0 Å². The van der Waals surface area contributed by atoms with Crippen molar-refractivity contribution in [1.82, 2.24) is 10.2 Å². The molecule has 258 valence electrons. The fourth-order valence-corrected chi connectivity index (χ4v) is 8.01. The normalized spacial score (nSPS) is 14.1. The number of halogens is 2. The third-order valence-corrected chi connectivity index (χ3v) is 11.2. The van der Waals surface area contributed by atoms with Crippen molar-refractivity contribution in [2.45, 2.75) is 69.0 Å². The number of ether oxygens (including phenoxy) is 1. The number of carbonyl (C=O) groups is 2. The Hall–Kier alpha value is -4.05. The lowest BCUT2D eigenvalue weighted by molar-refractivity contribution is -0.140. The van der Waals surface area contributed by atoms with Crippen LogP contribution in [0.3, 0.4) is 0 Å². The molecule has 0 aliphatic heterocycles. The lowest BCUT2D eigenvalue weighted by Crippen LogP contribution is -2.55. The summed E-state index contributed by atoms with van der Waals surface area (Å²) in [7, 11) is -4.25. The molecule has 0 bridgehead atoms. The average molecular weight is 723 g/mol. The van der Waals surface area contributed by atoms with E-state index in [9.17, 15) is 18.0 Å². The summed E-state index contributed by atoms with van der Waals surface area (Å²) in [6.07, 6.45) is 5.06. The zero-order valence-electron chi connectivity index (χ0n) is 27.4. The van der Waals surface area contributed by atoms with Crippen molar-refractivity contribution in [1.29, 1.82) is 0 Å². The average Bonchev–Trinajstić information content (AvgIpc) is 3.11. The summed E-state index contributed by atoms with van der Waals surface area (Å²) in [4.78, 5) is 30.4. The fourth-order valence-electron chi connectivity index (χ4n) is 6.08. The molecule has 2 amide bonds. The number of rotatable bonds is 14. The molecule has 8 nitrogen and oxygen atoms in total. The molecule has 1 saturated carbocycles. The van der Waals surface area contributed by atoms with E-state index in [1.54, 1.807) is 60.7 Å². The van der Waals surface area contributed by atoms with Gasteiger partial charge in [0.25, 0.3) is 10.0 Å². The van der Waals surface area contributed by atoms with Gasteiger partial charge in [-0.05, 0) is 73.9 Å². The van der Waals surface area contributed by atoms with E-state index in [4.69, 9.17) is 27.9 Å². The smallest absolute Gasteiger partial charge is 0.264 e. The maximum atomic E-state index is 14.7. The van der Waals surface area contributed by atoms with Gasteiger partial charge in [0.2, 0.25) is 11.8 Å². The molecule has 4 aromatic rings. The van der Waals surface area contributed by atoms with Crippen LogP contribution in [0, 0.1) is 0 Å². The van der Waals surface area contributed by atoms with Crippen LogP contribution in [0.4, 0.5) is 5.69 Å². The first-order valence-electron chi connectivity index (χ1n) is 16.5. The minimum Gasteiger partial charge on any atom is -0.494 e. The van der Waals surface area contributed by atoms with Crippen LogP contribution >= 0.6 is 23.2 Å². The number of sulfonamides is 1. The number of para-hydroxylation sites is 1. The number of nitrogens with one attached hydrogen (secondary N) is 1. The van der Waals surface area contributed by atoms with E-state index >= 15 is 0 Å². The topological polar surface area (TPSA) is 96.0 Å². The number of hydrogen-bond acceptors (Lipinski definition) is 5. The van der Waals surface area contributed by atoms with E-state index in [2.05, 4.69) is 5.32 Å². The van der Waals surface area contributed by atoms with Gasteiger partial charge in [-0.1, -0.05) is 97.1 Å². The van der Waals surface area contributed by atoms with Gasteiger partial charge in [0.1, 0.15) is 18.3 Å². The molecule has 0 unspecified atom stereocenters. The molecule has 0 spiro atoms. The number of benzene rings is 4. The van der Waals surface area contributed by atoms with E-state index in [-0.39, 0.29) is 29.8 Å². The Morgan fingerprint density at radius 2 is 1.45 bits per heavy atom. The lowest BCUT2D eigenvalue weighted by Gasteiger charge is -2.35. The standard InChI is InChI=1S/C38H41Cl2N3O5S/c1-2-48-31-21-23-32(24-22-31)49(46,47)43(30-17-10-5-11-18-30)27-37(44)42(26-33-34(39)19-12-20-35(33)40)36(25-28-13-6-3-7-14-28)38(45)41-29-15-8-4-9-16-29/h3,5-7,10-14,17-24,29,36H,2,4,8-9,15-16,25-27H2,1H3,(H,41,45)/t36-/m0/s1. The van der Waals surface area contributed by atoms with Gasteiger partial charge in [0, 0.05) is 34.6 Å². The van der Waals surface area contributed by atoms with Gasteiger partial charge in [-0.3, -0.25) is 13.9 Å². The second-order valence-electron chi connectivity index (χ2n) is 12.0. The molecule has 1 fully saturated rings. The van der Waals surface area contributed by atoms with Crippen LogP contribution in [0.1, 0.15) is 50.2 Å². The maximum Gasteiger partial charge on any atom is 0.264 e. The van der Waals surface area contributed by atoms with Crippen molar-refractivity contribution in [2.24, 2.45) is 0 Å². The van der Waals surface area contributed by atoms with Gasteiger partial charge in [-0.2, -0.15) is 0 Å². The summed E-state index contributed by atoms with van der Waals surface area (Å²) in [5.41, 5.74) is 1.60. The Bertz CT molecular complexity index is 1780. The van der Waals surface area contributed by atoms with Crippen LogP contribution in [0.25, 0.3) is 0 Å². The summed E-state index contributed by atoms with van der Waals surface area (Å²) in [5, 5.41) is 3.87. The minimum atomic E-state index is -4.25. The highest BCUT2D eigenvalue weighted by Gasteiger charge is 2.36. The summed E-state index contributed by atoms with van der Waals surface area (Å²) in [6, 6.07) is 28.0. The number of amides is 2. The molecule has 1 N–H and O–H groups in total. The lowest BCUT2D eigenvalue weighted by atomic mass is 9.94. The molecule has 0 aromatic heterocycles. The first-order chi connectivity index (χ1) is 23.7. The zero-order valence-corrected chi connectivity index (χ0v) is 29.8. The van der Waals surface area contributed by atoms with Crippen LogP contribution in [-0.2, 0) is 32.6 Å². The van der Waals surface area contributed by atoms with Gasteiger partial charge in [-0.15, -0.1) is 0 Å². The summed E-state index contributed by atoms with van der Waals surface area (Å²) < 4.78 is 35.1. The highest BCUT2D eigenvalue weighted by atomic mass is 35.5. The van der Waals surface area contributed by atoms with E-state index in [1.807, 2.05) is 37.3 Å². The van der Waals surface area contributed by atoms with E-state index in [0.29, 0.717) is 33.7 Å². The van der Waals surface area contributed by atoms with Crippen LogP contribution in [0.15, 0.2) is 108 Å². The van der Waals surface area contributed by atoms with Gasteiger partial charge < -0.3 is 15.0 Å². The molecule has 1 aliphatic rings. The molecule has 0 heterocycles. The van der Waals surface area contributed by atoms with Crippen molar-refractivity contribution in [3.8, 4) is 5.75 Å². The molecule has 1 atom stereocenters. The third kappa shape index (κ3) is 9.35. The number of carbonyl (C=O) groups excluding carboxylic acids is 2. The zero-order chi connectivity index (χ0) is 34.8. The number of anilines is 1. The second kappa shape index (κ2) is 17.1. The number of nitrogens with zero attached hydrogens (tertiary/aromatic N) is 2.